The van der Waals surface area contributed by atoms with Gasteiger partial charge in [0.15, 0.2) is 5.43 Å². The summed E-state index contributed by atoms with van der Waals surface area (Å²) in [5.74, 6) is 2.16. The molecule has 1 amide bonds. The average Bonchev–Trinajstić information content (AvgIpc) is 2.40. The topological polar surface area (TPSA) is 51.1 Å². The second-order valence-corrected chi connectivity index (χ2v) is 3.81. The molecule has 1 heterocycles. The largest absolute Gasteiger partial charge is 0.344 e. The van der Waals surface area contributed by atoms with Crippen molar-refractivity contribution in [3.63, 3.8) is 0 Å². The summed E-state index contributed by atoms with van der Waals surface area (Å²) in [5, 5.41) is 3.19. The molecule has 0 atom stereocenters. The fourth-order valence-corrected chi connectivity index (χ4v) is 1.76. The van der Waals surface area contributed by atoms with Crippen molar-refractivity contribution in [3.8, 4) is 12.3 Å². The minimum absolute atomic E-state index is 0.0501. The molecule has 0 aliphatic heterocycles. The Balaban J connectivity index is 2.35. The van der Waals surface area contributed by atoms with Crippen molar-refractivity contribution < 1.29 is 4.79 Å². The first kappa shape index (κ1) is 11.9. The Morgan fingerprint density at radius 2 is 2.11 bits per heavy atom. The van der Waals surface area contributed by atoms with Gasteiger partial charge in [-0.25, -0.2) is 0 Å². The van der Waals surface area contributed by atoms with Gasteiger partial charge in [0.2, 0.25) is 5.91 Å². The third kappa shape index (κ3) is 2.41. The predicted molar refractivity (Wildman–Crippen MR) is 70.1 cm³/mol. The van der Waals surface area contributed by atoms with E-state index in [0.29, 0.717) is 5.39 Å². The van der Waals surface area contributed by atoms with Crippen LogP contribution in [0.1, 0.15) is 0 Å². The molecule has 0 bridgehead atoms. The van der Waals surface area contributed by atoms with E-state index in [1.807, 2.05) is 12.1 Å². The first-order valence-corrected chi connectivity index (χ1v) is 5.50. The molecule has 0 aliphatic rings. The first-order chi connectivity index (χ1) is 8.72. The van der Waals surface area contributed by atoms with Crippen molar-refractivity contribution in [2.24, 2.45) is 0 Å². The normalized spacial score (nSPS) is 9.94. The van der Waals surface area contributed by atoms with Gasteiger partial charge in [0, 0.05) is 17.6 Å². The van der Waals surface area contributed by atoms with E-state index in [1.54, 1.807) is 22.9 Å². The minimum Gasteiger partial charge on any atom is -0.344 e. The molecule has 0 aliphatic carbocycles. The second kappa shape index (κ2) is 5.19. The van der Waals surface area contributed by atoms with Crippen LogP contribution in [0, 0.1) is 12.3 Å². The number of para-hydroxylation sites is 1. The van der Waals surface area contributed by atoms with Gasteiger partial charge in [0.05, 0.1) is 12.1 Å². The number of rotatable bonds is 3. The summed E-state index contributed by atoms with van der Waals surface area (Å²) in [6.07, 6.45) is 6.68. The molecule has 1 N–H and O–H groups in total. The van der Waals surface area contributed by atoms with Crippen LogP contribution in [0.2, 0.25) is 0 Å². The molecule has 0 fully saturated rings. The molecule has 2 rings (SSSR count). The second-order valence-electron chi connectivity index (χ2n) is 3.81. The van der Waals surface area contributed by atoms with Crippen LogP contribution >= 0.6 is 0 Å². The number of nitrogens with one attached hydrogen (secondary N) is 1. The fraction of sp³-hybridized carbons (Fsp3) is 0.143. The molecular formula is C14H12N2O2. The number of hydrogen-bond acceptors (Lipinski definition) is 2. The third-order valence-corrected chi connectivity index (χ3v) is 2.59. The van der Waals surface area contributed by atoms with Crippen molar-refractivity contribution in [3.05, 3.63) is 46.8 Å². The van der Waals surface area contributed by atoms with Crippen LogP contribution in [0.3, 0.4) is 0 Å². The maximum atomic E-state index is 11.6. The maximum absolute atomic E-state index is 11.6. The van der Waals surface area contributed by atoms with Gasteiger partial charge in [-0.2, -0.15) is 0 Å². The molecule has 90 valence electrons. The van der Waals surface area contributed by atoms with Gasteiger partial charge < -0.3 is 9.88 Å². The molecule has 18 heavy (non-hydrogen) atoms. The van der Waals surface area contributed by atoms with Crippen molar-refractivity contribution >= 4 is 16.8 Å². The Hall–Kier alpha value is -2.54. The van der Waals surface area contributed by atoms with E-state index in [1.165, 1.54) is 6.07 Å². The van der Waals surface area contributed by atoms with E-state index in [-0.39, 0.29) is 24.4 Å². The molecular weight excluding hydrogens is 228 g/mol. The quantitative estimate of drug-likeness (QED) is 0.805. The van der Waals surface area contributed by atoms with E-state index in [2.05, 4.69) is 11.2 Å². The minimum atomic E-state index is -0.179. The van der Waals surface area contributed by atoms with Gasteiger partial charge in [-0.05, 0) is 12.1 Å². The van der Waals surface area contributed by atoms with E-state index < -0.39 is 0 Å². The highest BCUT2D eigenvalue weighted by molar-refractivity contribution is 5.82. The summed E-state index contributed by atoms with van der Waals surface area (Å²) < 4.78 is 1.72. The van der Waals surface area contributed by atoms with E-state index in [4.69, 9.17) is 6.42 Å². The van der Waals surface area contributed by atoms with Gasteiger partial charge in [0.25, 0.3) is 0 Å². The monoisotopic (exact) mass is 240 g/mol. The molecule has 0 radical (unpaired) electrons. The maximum Gasteiger partial charge on any atom is 0.240 e. The highest BCUT2D eigenvalue weighted by Crippen LogP contribution is 2.08. The standard InChI is InChI=1S/C14H12N2O2/c1-2-8-15-14(18)10-16-9-7-13(17)11-5-3-4-6-12(11)16/h1,3-7,9H,8,10H2,(H,15,18). The lowest BCUT2D eigenvalue weighted by atomic mass is 10.2. The zero-order valence-electron chi connectivity index (χ0n) is 9.72. The number of carbonyl (C=O) groups excluding carboxylic acids is 1. The number of hydrogen-bond donors (Lipinski definition) is 1. The Labute approximate surface area is 104 Å². The van der Waals surface area contributed by atoms with E-state index >= 15 is 0 Å². The number of nitrogens with zero attached hydrogens (tertiary/aromatic N) is 1. The molecule has 0 saturated carbocycles. The average molecular weight is 240 g/mol. The lowest BCUT2D eigenvalue weighted by Gasteiger charge is -2.09. The first-order valence-electron chi connectivity index (χ1n) is 5.50. The number of fused-ring (bicyclic) bond motifs is 1. The summed E-state index contributed by atoms with van der Waals surface area (Å²) >= 11 is 0. The number of terminal acetylenes is 1. The molecule has 1 aromatic carbocycles. The molecule has 0 unspecified atom stereocenters. The summed E-state index contributed by atoms with van der Waals surface area (Å²) in [6.45, 7) is 0.347. The highest BCUT2D eigenvalue weighted by Gasteiger charge is 2.05. The van der Waals surface area contributed by atoms with Crippen molar-refractivity contribution in [1.29, 1.82) is 0 Å². The van der Waals surface area contributed by atoms with Crippen LogP contribution in [0.4, 0.5) is 0 Å². The molecule has 0 saturated heterocycles. The lowest BCUT2D eigenvalue weighted by molar-refractivity contribution is -0.121. The summed E-state index contributed by atoms with van der Waals surface area (Å²) in [5.41, 5.74) is 0.687. The number of pyridine rings is 1. The van der Waals surface area contributed by atoms with E-state index in [0.717, 1.165) is 5.52 Å². The smallest absolute Gasteiger partial charge is 0.240 e. The highest BCUT2D eigenvalue weighted by atomic mass is 16.2. The van der Waals surface area contributed by atoms with Crippen LogP contribution in [-0.4, -0.2) is 17.0 Å². The van der Waals surface area contributed by atoms with Crippen LogP contribution in [0.15, 0.2) is 41.3 Å². The van der Waals surface area contributed by atoms with Crippen LogP contribution in [-0.2, 0) is 11.3 Å². The molecule has 4 nitrogen and oxygen atoms in total. The number of benzene rings is 1. The Morgan fingerprint density at radius 3 is 2.89 bits per heavy atom. The van der Waals surface area contributed by atoms with Crippen LogP contribution in [0.5, 0.6) is 0 Å². The van der Waals surface area contributed by atoms with Gasteiger partial charge in [-0.3, -0.25) is 9.59 Å². The fourth-order valence-electron chi connectivity index (χ4n) is 1.76. The zero-order chi connectivity index (χ0) is 13.0. The van der Waals surface area contributed by atoms with Gasteiger partial charge in [-0.15, -0.1) is 6.42 Å². The molecule has 4 heteroatoms. The Morgan fingerprint density at radius 1 is 1.33 bits per heavy atom. The van der Waals surface area contributed by atoms with Crippen molar-refractivity contribution in [2.45, 2.75) is 6.54 Å². The number of aromatic nitrogens is 1. The SMILES string of the molecule is C#CCNC(=O)Cn1ccc(=O)c2ccccc21. The third-order valence-electron chi connectivity index (χ3n) is 2.59. The number of carbonyl (C=O) groups is 1. The molecule has 2 aromatic rings. The molecule has 0 spiro atoms. The Bertz CT molecular complexity index is 680. The van der Waals surface area contributed by atoms with Gasteiger partial charge >= 0.3 is 0 Å². The summed E-state index contributed by atoms with van der Waals surface area (Å²) in [4.78, 5) is 23.2. The Kier molecular flexibility index (Phi) is 3.44. The summed E-state index contributed by atoms with van der Waals surface area (Å²) in [6, 6.07) is 8.64. The van der Waals surface area contributed by atoms with Crippen molar-refractivity contribution in [2.75, 3.05) is 6.54 Å². The van der Waals surface area contributed by atoms with Crippen LogP contribution < -0.4 is 10.7 Å². The van der Waals surface area contributed by atoms with Gasteiger partial charge in [-0.1, -0.05) is 18.1 Å². The van der Waals surface area contributed by atoms with Crippen molar-refractivity contribution in [1.82, 2.24) is 9.88 Å². The van der Waals surface area contributed by atoms with Crippen LogP contribution in [0.25, 0.3) is 10.9 Å². The number of amides is 1. The molecule has 1 aromatic heterocycles. The predicted octanol–water partition coefficient (Wildman–Crippen LogP) is 0.751. The zero-order valence-corrected chi connectivity index (χ0v) is 9.72. The lowest BCUT2D eigenvalue weighted by Crippen LogP contribution is -2.28. The van der Waals surface area contributed by atoms with Gasteiger partial charge in [0.1, 0.15) is 6.54 Å². The van der Waals surface area contributed by atoms with E-state index in [9.17, 15) is 9.59 Å². The summed E-state index contributed by atoms with van der Waals surface area (Å²) in [7, 11) is 0.